The Morgan fingerprint density at radius 3 is 2.33 bits per heavy atom. The highest BCUT2D eigenvalue weighted by atomic mass is 32.2. The lowest BCUT2D eigenvalue weighted by molar-refractivity contribution is 0.171. The second-order valence-electron chi connectivity index (χ2n) is 6.63. The van der Waals surface area contributed by atoms with E-state index < -0.39 is 15.8 Å². The summed E-state index contributed by atoms with van der Waals surface area (Å²) in [6.07, 6.45) is 0. The van der Waals surface area contributed by atoms with Crippen LogP contribution in [0.3, 0.4) is 0 Å². The minimum absolute atomic E-state index is 0.164. The second-order valence-corrected chi connectivity index (χ2v) is 8.54. The molecule has 2 aliphatic rings. The normalized spacial score (nSPS) is 17.8. The number of anilines is 1. The van der Waals surface area contributed by atoms with Crippen LogP contribution >= 0.6 is 0 Å². The van der Waals surface area contributed by atoms with Crippen molar-refractivity contribution in [2.24, 2.45) is 0 Å². The molecule has 0 bridgehead atoms. The first-order chi connectivity index (χ1) is 12.9. The lowest BCUT2D eigenvalue weighted by Gasteiger charge is -2.36. The largest absolute Gasteiger partial charge is 0.486 e. The minimum Gasteiger partial charge on any atom is -0.486 e. The Balaban J connectivity index is 1.48. The molecule has 144 valence electrons. The molecule has 8 heteroatoms. The summed E-state index contributed by atoms with van der Waals surface area (Å²) in [6, 6.07) is 9.55. The summed E-state index contributed by atoms with van der Waals surface area (Å²) in [4.78, 5) is 2.29. The fourth-order valence-electron chi connectivity index (χ4n) is 3.46. The van der Waals surface area contributed by atoms with Crippen LogP contribution in [0.1, 0.15) is 5.56 Å². The summed E-state index contributed by atoms with van der Waals surface area (Å²) in [6.45, 7) is 4.56. The highest BCUT2D eigenvalue weighted by Gasteiger charge is 2.30. The number of fused-ring (bicyclic) bond motifs is 1. The molecule has 0 radical (unpaired) electrons. The van der Waals surface area contributed by atoms with E-state index in [1.807, 2.05) is 18.2 Å². The summed E-state index contributed by atoms with van der Waals surface area (Å²) in [7, 11) is -3.63. The number of sulfonamides is 1. The quantitative estimate of drug-likeness (QED) is 0.803. The third-order valence-electron chi connectivity index (χ3n) is 4.88. The highest BCUT2D eigenvalue weighted by Crippen LogP contribution is 2.34. The van der Waals surface area contributed by atoms with Gasteiger partial charge in [-0.2, -0.15) is 4.31 Å². The van der Waals surface area contributed by atoms with Crippen molar-refractivity contribution in [3.05, 3.63) is 47.8 Å². The molecule has 1 fully saturated rings. The number of rotatable bonds is 3. The van der Waals surface area contributed by atoms with Crippen molar-refractivity contribution in [2.75, 3.05) is 44.3 Å². The van der Waals surface area contributed by atoms with Crippen molar-refractivity contribution in [2.45, 2.75) is 11.8 Å². The Hall–Kier alpha value is -2.32. The smallest absolute Gasteiger partial charge is 0.243 e. The van der Waals surface area contributed by atoms with Crippen molar-refractivity contribution >= 4 is 15.7 Å². The lowest BCUT2D eigenvalue weighted by atomic mass is 10.2. The number of aryl methyl sites for hydroxylation is 1. The van der Waals surface area contributed by atoms with Gasteiger partial charge < -0.3 is 14.4 Å². The van der Waals surface area contributed by atoms with Crippen LogP contribution in [0.15, 0.2) is 41.3 Å². The van der Waals surface area contributed by atoms with E-state index in [1.54, 1.807) is 6.92 Å². The average molecular weight is 392 g/mol. The number of nitrogens with zero attached hydrogens (tertiary/aromatic N) is 2. The fraction of sp³-hybridized carbons (Fsp3) is 0.368. The van der Waals surface area contributed by atoms with Crippen molar-refractivity contribution in [3.8, 4) is 11.5 Å². The molecule has 0 N–H and O–H groups in total. The van der Waals surface area contributed by atoms with Crippen LogP contribution in [0.4, 0.5) is 10.1 Å². The van der Waals surface area contributed by atoms with E-state index in [4.69, 9.17) is 9.47 Å². The van der Waals surface area contributed by atoms with E-state index >= 15 is 0 Å². The van der Waals surface area contributed by atoms with Crippen LogP contribution in [0.25, 0.3) is 0 Å². The molecule has 0 spiro atoms. The van der Waals surface area contributed by atoms with E-state index in [9.17, 15) is 12.8 Å². The first-order valence-electron chi connectivity index (χ1n) is 8.86. The van der Waals surface area contributed by atoms with Crippen LogP contribution in [0.2, 0.25) is 0 Å². The minimum atomic E-state index is -3.63. The summed E-state index contributed by atoms with van der Waals surface area (Å²) >= 11 is 0. The molecule has 2 heterocycles. The zero-order valence-corrected chi connectivity index (χ0v) is 15.8. The molecule has 2 aromatic carbocycles. The third-order valence-corrected chi connectivity index (χ3v) is 6.94. The number of piperazine rings is 1. The van der Waals surface area contributed by atoms with Gasteiger partial charge in [0, 0.05) is 37.9 Å². The van der Waals surface area contributed by atoms with Gasteiger partial charge in [-0.1, -0.05) is 0 Å². The number of benzene rings is 2. The molecule has 27 heavy (non-hydrogen) atoms. The maximum absolute atomic E-state index is 13.3. The molecule has 2 aliphatic heterocycles. The highest BCUT2D eigenvalue weighted by molar-refractivity contribution is 7.89. The maximum atomic E-state index is 13.3. The second kappa shape index (κ2) is 7.01. The number of hydrogen-bond acceptors (Lipinski definition) is 5. The molecular weight excluding hydrogens is 371 g/mol. The van der Waals surface area contributed by atoms with Gasteiger partial charge in [-0.3, -0.25) is 0 Å². The van der Waals surface area contributed by atoms with Crippen LogP contribution < -0.4 is 14.4 Å². The van der Waals surface area contributed by atoms with Crippen LogP contribution in [-0.4, -0.2) is 52.1 Å². The van der Waals surface area contributed by atoms with Gasteiger partial charge in [0.25, 0.3) is 0 Å². The molecule has 0 amide bonds. The molecule has 0 atom stereocenters. The van der Waals surface area contributed by atoms with E-state index in [-0.39, 0.29) is 4.90 Å². The average Bonchev–Trinajstić information content (AvgIpc) is 2.67. The van der Waals surface area contributed by atoms with Crippen molar-refractivity contribution in [1.29, 1.82) is 0 Å². The van der Waals surface area contributed by atoms with Crippen molar-refractivity contribution < 1.29 is 22.3 Å². The molecule has 0 saturated carbocycles. The third kappa shape index (κ3) is 3.46. The number of halogens is 1. The number of hydrogen-bond donors (Lipinski definition) is 0. The molecule has 0 unspecified atom stereocenters. The topological polar surface area (TPSA) is 59.1 Å². The molecule has 2 aromatic rings. The monoisotopic (exact) mass is 392 g/mol. The molecule has 0 aromatic heterocycles. The summed E-state index contributed by atoms with van der Waals surface area (Å²) in [5.74, 6) is 1.02. The van der Waals surface area contributed by atoms with E-state index in [1.165, 1.54) is 22.5 Å². The van der Waals surface area contributed by atoms with Crippen LogP contribution in [0, 0.1) is 12.7 Å². The Kier molecular flexibility index (Phi) is 4.69. The van der Waals surface area contributed by atoms with Gasteiger partial charge >= 0.3 is 0 Å². The van der Waals surface area contributed by atoms with Gasteiger partial charge in [-0.05, 0) is 42.8 Å². The number of ether oxygens (including phenoxy) is 2. The molecular formula is C19H21FN2O4S. The van der Waals surface area contributed by atoms with E-state index in [0.717, 1.165) is 17.2 Å². The van der Waals surface area contributed by atoms with E-state index in [0.29, 0.717) is 45.0 Å². The van der Waals surface area contributed by atoms with Crippen molar-refractivity contribution in [1.82, 2.24) is 4.31 Å². The Morgan fingerprint density at radius 2 is 1.63 bits per heavy atom. The van der Waals surface area contributed by atoms with Gasteiger partial charge in [-0.25, -0.2) is 12.8 Å². The standard InChI is InChI=1S/C19H21FN2O4S/c1-14-12-15(20)2-5-19(14)27(23,24)22-8-6-21(7-9-22)16-3-4-17-18(13-16)26-11-10-25-17/h2-5,12-13H,6-11H2,1H3. The first kappa shape index (κ1) is 18.1. The fourth-order valence-corrected chi connectivity index (χ4v) is 5.08. The first-order valence-corrected chi connectivity index (χ1v) is 10.3. The van der Waals surface area contributed by atoms with Crippen molar-refractivity contribution in [3.63, 3.8) is 0 Å². The molecule has 1 saturated heterocycles. The Morgan fingerprint density at radius 1 is 0.926 bits per heavy atom. The summed E-state index contributed by atoms with van der Waals surface area (Å²) < 4.78 is 51.7. The predicted molar refractivity (Wildman–Crippen MR) is 99.5 cm³/mol. The van der Waals surface area contributed by atoms with Gasteiger partial charge in [0.1, 0.15) is 19.0 Å². The molecule has 6 nitrogen and oxygen atoms in total. The SMILES string of the molecule is Cc1cc(F)ccc1S(=O)(=O)N1CCN(c2ccc3c(c2)OCCO3)CC1. The molecule has 0 aliphatic carbocycles. The van der Waals surface area contributed by atoms with Gasteiger partial charge in [0.15, 0.2) is 11.5 Å². The van der Waals surface area contributed by atoms with Crippen LogP contribution in [0.5, 0.6) is 11.5 Å². The van der Waals surface area contributed by atoms with Gasteiger partial charge in [-0.15, -0.1) is 0 Å². The predicted octanol–water partition coefficient (Wildman–Crippen LogP) is 2.42. The lowest BCUT2D eigenvalue weighted by Crippen LogP contribution is -2.48. The van der Waals surface area contributed by atoms with Gasteiger partial charge in [0.05, 0.1) is 4.90 Å². The van der Waals surface area contributed by atoms with Crippen LogP contribution in [-0.2, 0) is 10.0 Å². The zero-order valence-electron chi connectivity index (χ0n) is 15.0. The zero-order chi connectivity index (χ0) is 19.0. The maximum Gasteiger partial charge on any atom is 0.243 e. The molecule has 4 rings (SSSR count). The summed E-state index contributed by atoms with van der Waals surface area (Å²) in [5.41, 5.74) is 1.40. The summed E-state index contributed by atoms with van der Waals surface area (Å²) in [5, 5.41) is 0. The van der Waals surface area contributed by atoms with Gasteiger partial charge in [0.2, 0.25) is 10.0 Å². The Labute approximate surface area is 158 Å². The Bertz CT molecular complexity index is 956. The van der Waals surface area contributed by atoms with E-state index in [2.05, 4.69) is 4.90 Å².